The monoisotopic (exact) mass is 254 g/mol. The molecule has 0 aliphatic carbocycles. The molecule has 0 unspecified atom stereocenters. The van der Waals surface area contributed by atoms with Gasteiger partial charge in [0.15, 0.2) is 0 Å². The highest BCUT2D eigenvalue weighted by Gasteiger charge is 2.47. The van der Waals surface area contributed by atoms with Gasteiger partial charge >= 0.3 is 0 Å². The van der Waals surface area contributed by atoms with Crippen LogP contribution in [0.4, 0.5) is 0 Å². The van der Waals surface area contributed by atoms with E-state index in [4.69, 9.17) is 25.8 Å². The zero-order chi connectivity index (χ0) is 11.7. The van der Waals surface area contributed by atoms with Gasteiger partial charge in [-0.15, -0.1) is 11.6 Å². The molecule has 2 fully saturated rings. The average molecular weight is 255 g/mol. The Morgan fingerprint density at radius 1 is 1.12 bits per heavy atom. The highest BCUT2D eigenvalue weighted by molar-refractivity contribution is 6.21. The highest BCUT2D eigenvalue weighted by atomic mass is 35.5. The molecular formula is C13H15ClO3. The van der Waals surface area contributed by atoms with Gasteiger partial charge in [0.25, 0.3) is 0 Å². The minimum absolute atomic E-state index is 0.00112. The summed E-state index contributed by atoms with van der Waals surface area (Å²) in [6.07, 6.45) is 0.00242. The molecular weight excluding hydrogens is 240 g/mol. The van der Waals surface area contributed by atoms with Crippen molar-refractivity contribution in [3.63, 3.8) is 0 Å². The fraction of sp³-hybridized carbons (Fsp3) is 0.538. The van der Waals surface area contributed by atoms with Gasteiger partial charge in [0.2, 0.25) is 0 Å². The largest absolute Gasteiger partial charge is 0.371 e. The third-order valence-corrected chi connectivity index (χ3v) is 3.63. The summed E-state index contributed by atoms with van der Waals surface area (Å²) >= 11 is 6.09. The highest BCUT2D eigenvalue weighted by Crippen LogP contribution is 2.31. The number of benzene rings is 1. The molecule has 2 saturated heterocycles. The Hall–Kier alpha value is -0.610. The van der Waals surface area contributed by atoms with Crippen LogP contribution in [0.15, 0.2) is 30.3 Å². The topological polar surface area (TPSA) is 27.7 Å². The number of hydrogen-bond donors (Lipinski definition) is 0. The molecule has 0 saturated carbocycles. The molecule has 3 nitrogen and oxygen atoms in total. The van der Waals surface area contributed by atoms with Crippen LogP contribution >= 0.6 is 11.6 Å². The Morgan fingerprint density at radius 3 is 2.71 bits per heavy atom. The van der Waals surface area contributed by atoms with Crippen LogP contribution in [0.25, 0.3) is 0 Å². The Balaban J connectivity index is 1.57. The molecule has 2 aliphatic heterocycles. The van der Waals surface area contributed by atoms with Crippen molar-refractivity contribution < 1.29 is 14.2 Å². The summed E-state index contributed by atoms with van der Waals surface area (Å²) in [5.41, 5.74) is 1.16. The van der Waals surface area contributed by atoms with E-state index in [9.17, 15) is 0 Å². The van der Waals surface area contributed by atoms with Crippen molar-refractivity contribution in [1.29, 1.82) is 0 Å². The van der Waals surface area contributed by atoms with Gasteiger partial charge in [-0.25, -0.2) is 0 Å². The van der Waals surface area contributed by atoms with Gasteiger partial charge in [-0.2, -0.15) is 0 Å². The summed E-state index contributed by atoms with van der Waals surface area (Å²) in [6.45, 7) is 1.72. The smallest absolute Gasteiger partial charge is 0.114 e. The van der Waals surface area contributed by atoms with E-state index < -0.39 is 0 Å². The molecule has 0 N–H and O–H groups in total. The van der Waals surface area contributed by atoms with Crippen molar-refractivity contribution in [2.24, 2.45) is 0 Å². The summed E-state index contributed by atoms with van der Waals surface area (Å²) in [5, 5.41) is -0.0367. The molecule has 92 valence electrons. The lowest BCUT2D eigenvalue weighted by Gasteiger charge is -2.16. The molecule has 4 atom stereocenters. The molecule has 0 spiro atoms. The standard InChI is InChI=1S/C13H15ClO3/c14-10-7-16-13-11(8-17-12(10)13)15-6-9-4-2-1-3-5-9/h1-5,10-13H,6-8H2/t10-,11+,12+,13+/m0/s1. The minimum Gasteiger partial charge on any atom is -0.371 e. The SMILES string of the molecule is Cl[C@H]1CO[C@H]2[C@@H]1OC[C@H]2OCc1ccccc1. The van der Waals surface area contributed by atoms with Crippen LogP contribution in [0.1, 0.15) is 5.56 Å². The first-order chi connectivity index (χ1) is 8.34. The molecule has 0 radical (unpaired) electrons. The maximum Gasteiger partial charge on any atom is 0.114 e. The molecule has 17 heavy (non-hydrogen) atoms. The molecule has 0 amide bonds. The normalized spacial score (nSPS) is 36.1. The van der Waals surface area contributed by atoms with Crippen molar-refractivity contribution in [3.8, 4) is 0 Å². The Labute approximate surface area is 106 Å². The van der Waals surface area contributed by atoms with E-state index in [1.165, 1.54) is 0 Å². The summed E-state index contributed by atoms with van der Waals surface area (Å²) in [4.78, 5) is 0. The molecule has 0 bridgehead atoms. The number of hydrogen-bond acceptors (Lipinski definition) is 3. The zero-order valence-electron chi connectivity index (χ0n) is 9.42. The lowest BCUT2D eigenvalue weighted by molar-refractivity contribution is -0.0384. The van der Waals surface area contributed by atoms with Crippen LogP contribution in [0.2, 0.25) is 0 Å². The van der Waals surface area contributed by atoms with Crippen LogP contribution < -0.4 is 0 Å². The van der Waals surface area contributed by atoms with E-state index in [-0.39, 0.29) is 23.7 Å². The third-order valence-electron chi connectivity index (χ3n) is 3.25. The zero-order valence-corrected chi connectivity index (χ0v) is 10.2. The van der Waals surface area contributed by atoms with Gasteiger partial charge < -0.3 is 14.2 Å². The first-order valence-corrected chi connectivity index (χ1v) is 6.31. The molecule has 2 heterocycles. The van der Waals surface area contributed by atoms with Crippen LogP contribution in [-0.4, -0.2) is 36.9 Å². The second-order valence-electron chi connectivity index (χ2n) is 4.45. The molecule has 1 aromatic rings. The number of ether oxygens (including phenoxy) is 3. The maximum absolute atomic E-state index is 6.09. The lowest BCUT2D eigenvalue weighted by atomic mass is 10.1. The van der Waals surface area contributed by atoms with Gasteiger partial charge in [-0.05, 0) is 5.56 Å². The summed E-state index contributed by atoms with van der Waals surface area (Å²) in [6, 6.07) is 10.1. The van der Waals surface area contributed by atoms with Crippen molar-refractivity contribution >= 4 is 11.6 Å². The molecule has 0 aromatic heterocycles. The predicted molar refractivity (Wildman–Crippen MR) is 64.1 cm³/mol. The summed E-state index contributed by atoms with van der Waals surface area (Å²) in [5.74, 6) is 0. The first kappa shape index (κ1) is 11.5. The Kier molecular flexibility index (Phi) is 3.34. The molecule has 4 heteroatoms. The van der Waals surface area contributed by atoms with E-state index >= 15 is 0 Å². The van der Waals surface area contributed by atoms with Gasteiger partial charge in [0.1, 0.15) is 18.3 Å². The molecule has 3 rings (SSSR count). The second-order valence-corrected chi connectivity index (χ2v) is 5.01. The van der Waals surface area contributed by atoms with E-state index in [0.29, 0.717) is 19.8 Å². The van der Waals surface area contributed by atoms with Gasteiger partial charge in [-0.3, -0.25) is 0 Å². The van der Waals surface area contributed by atoms with Gasteiger partial charge in [-0.1, -0.05) is 30.3 Å². The van der Waals surface area contributed by atoms with Crippen LogP contribution in [0.3, 0.4) is 0 Å². The van der Waals surface area contributed by atoms with Crippen LogP contribution in [-0.2, 0) is 20.8 Å². The maximum atomic E-state index is 6.09. The van der Waals surface area contributed by atoms with Crippen LogP contribution in [0, 0.1) is 0 Å². The van der Waals surface area contributed by atoms with E-state index in [1.807, 2.05) is 30.3 Å². The van der Waals surface area contributed by atoms with Crippen LogP contribution in [0.5, 0.6) is 0 Å². The van der Waals surface area contributed by atoms with E-state index in [1.54, 1.807) is 0 Å². The first-order valence-electron chi connectivity index (χ1n) is 5.87. The third kappa shape index (κ3) is 2.33. The Bertz CT molecular complexity index is 370. The predicted octanol–water partition coefficient (Wildman–Crippen LogP) is 1.98. The van der Waals surface area contributed by atoms with Crippen molar-refractivity contribution in [2.45, 2.75) is 30.3 Å². The van der Waals surface area contributed by atoms with Crippen molar-refractivity contribution in [3.05, 3.63) is 35.9 Å². The van der Waals surface area contributed by atoms with E-state index in [0.717, 1.165) is 5.56 Å². The summed E-state index contributed by atoms with van der Waals surface area (Å²) < 4.78 is 17.1. The number of rotatable bonds is 3. The van der Waals surface area contributed by atoms with Crippen molar-refractivity contribution in [2.75, 3.05) is 13.2 Å². The quantitative estimate of drug-likeness (QED) is 0.772. The second kappa shape index (κ2) is 4.94. The van der Waals surface area contributed by atoms with Gasteiger partial charge in [0, 0.05) is 0 Å². The average Bonchev–Trinajstić information content (AvgIpc) is 2.92. The number of alkyl halides is 1. The van der Waals surface area contributed by atoms with Gasteiger partial charge in [0.05, 0.1) is 25.2 Å². The number of halogens is 1. The molecule has 1 aromatic carbocycles. The lowest BCUT2D eigenvalue weighted by Crippen LogP contribution is -2.31. The number of fused-ring (bicyclic) bond motifs is 1. The fourth-order valence-corrected chi connectivity index (χ4v) is 2.63. The Morgan fingerprint density at radius 2 is 1.88 bits per heavy atom. The minimum atomic E-state index is -0.0367. The summed E-state index contributed by atoms with van der Waals surface area (Å²) in [7, 11) is 0. The molecule has 2 aliphatic rings. The van der Waals surface area contributed by atoms with E-state index in [2.05, 4.69) is 0 Å². The van der Waals surface area contributed by atoms with Crippen molar-refractivity contribution in [1.82, 2.24) is 0 Å². The fourth-order valence-electron chi connectivity index (χ4n) is 2.34.